The Morgan fingerprint density at radius 1 is 1.03 bits per heavy atom. The fourth-order valence-electron chi connectivity index (χ4n) is 4.47. The third-order valence-corrected chi connectivity index (χ3v) is 6.44. The highest BCUT2D eigenvalue weighted by molar-refractivity contribution is 6.46. The summed E-state index contributed by atoms with van der Waals surface area (Å²) in [7, 11) is 3.03. The van der Waals surface area contributed by atoms with Gasteiger partial charge >= 0.3 is 0 Å². The molecule has 3 rings (SSSR count). The lowest BCUT2D eigenvalue weighted by atomic mass is 9.94. The number of hydrogen-bond acceptors (Lipinski definition) is 7. The standard InChI is InChI=1S/C27H34N2O6/c1-6-28(7-2)13-8-14-29-24(18-10-12-21(34-4)22(16-18)35-5)23(26(32)27(29)33)25(31)19-15-17(3)9-11-20(19)30/h9-12,15-16,24,30-31H,6-8,13-14H2,1-5H3/t24-/m1/s1. The number of ketones is 1. The van der Waals surface area contributed by atoms with Crippen molar-refractivity contribution in [2.45, 2.75) is 33.2 Å². The van der Waals surface area contributed by atoms with Crippen molar-refractivity contribution in [2.24, 2.45) is 0 Å². The summed E-state index contributed by atoms with van der Waals surface area (Å²) in [4.78, 5) is 30.2. The number of Topliss-reactive ketones (excluding diaryl/α,β-unsaturated/α-hetero) is 1. The van der Waals surface area contributed by atoms with Gasteiger partial charge in [-0.2, -0.15) is 0 Å². The molecule has 0 radical (unpaired) electrons. The van der Waals surface area contributed by atoms with Crippen molar-refractivity contribution < 1.29 is 29.3 Å². The quantitative estimate of drug-likeness (QED) is 0.301. The van der Waals surface area contributed by atoms with Gasteiger partial charge in [0.05, 0.1) is 31.4 Å². The zero-order valence-corrected chi connectivity index (χ0v) is 21.0. The van der Waals surface area contributed by atoms with Gasteiger partial charge in [0.25, 0.3) is 11.7 Å². The van der Waals surface area contributed by atoms with Crippen molar-refractivity contribution in [3.05, 3.63) is 58.7 Å². The van der Waals surface area contributed by atoms with E-state index in [-0.39, 0.29) is 16.9 Å². The Labute approximate surface area is 206 Å². The van der Waals surface area contributed by atoms with Gasteiger partial charge in [-0.05, 0) is 62.8 Å². The molecule has 1 heterocycles. The molecule has 0 saturated carbocycles. The maximum absolute atomic E-state index is 13.2. The van der Waals surface area contributed by atoms with Crippen LogP contribution < -0.4 is 9.47 Å². The smallest absolute Gasteiger partial charge is 0.295 e. The highest BCUT2D eigenvalue weighted by Crippen LogP contribution is 2.43. The highest BCUT2D eigenvalue weighted by Gasteiger charge is 2.46. The molecule has 1 aliphatic heterocycles. The van der Waals surface area contributed by atoms with Crippen LogP contribution in [0.4, 0.5) is 0 Å². The fraction of sp³-hybridized carbons (Fsp3) is 0.407. The number of carbonyl (C=O) groups excluding carboxylic acids is 2. The summed E-state index contributed by atoms with van der Waals surface area (Å²) in [5.74, 6) is -1.10. The second-order valence-corrected chi connectivity index (χ2v) is 8.51. The van der Waals surface area contributed by atoms with Gasteiger partial charge in [-0.25, -0.2) is 0 Å². The number of phenolic OH excluding ortho intramolecular Hbond substituents is 1. The van der Waals surface area contributed by atoms with Gasteiger partial charge in [0.15, 0.2) is 11.5 Å². The van der Waals surface area contributed by atoms with Crippen LogP contribution in [0.25, 0.3) is 5.76 Å². The van der Waals surface area contributed by atoms with Gasteiger partial charge in [-0.3, -0.25) is 9.59 Å². The van der Waals surface area contributed by atoms with E-state index in [0.717, 1.165) is 25.2 Å². The number of aromatic hydroxyl groups is 1. The SMILES string of the molecule is CCN(CC)CCCN1C(=O)C(=O)C(=C(O)c2cc(C)ccc2O)[C@H]1c1ccc(OC)c(OC)c1. The number of aliphatic hydroxyl groups is 1. The lowest BCUT2D eigenvalue weighted by Crippen LogP contribution is -2.33. The molecule has 8 nitrogen and oxygen atoms in total. The first-order valence-electron chi connectivity index (χ1n) is 11.8. The van der Waals surface area contributed by atoms with Crippen molar-refractivity contribution >= 4 is 17.4 Å². The van der Waals surface area contributed by atoms with Crippen LogP contribution in [0.3, 0.4) is 0 Å². The van der Waals surface area contributed by atoms with E-state index in [2.05, 4.69) is 18.7 Å². The number of carbonyl (C=O) groups is 2. The van der Waals surface area contributed by atoms with Gasteiger partial charge in [0.1, 0.15) is 11.5 Å². The van der Waals surface area contributed by atoms with E-state index in [1.807, 2.05) is 6.92 Å². The monoisotopic (exact) mass is 482 g/mol. The maximum atomic E-state index is 13.2. The zero-order chi connectivity index (χ0) is 25.7. The van der Waals surface area contributed by atoms with Crippen LogP contribution >= 0.6 is 0 Å². The first-order valence-corrected chi connectivity index (χ1v) is 11.8. The van der Waals surface area contributed by atoms with E-state index in [4.69, 9.17) is 9.47 Å². The summed E-state index contributed by atoms with van der Waals surface area (Å²) in [6.07, 6.45) is 0.661. The second kappa shape index (κ2) is 11.3. The normalized spacial score (nSPS) is 17.3. The molecule has 1 amide bonds. The minimum absolute atomic E-state index is 0.0639. The molecule has 2 N–H and O–H groups in total. The van der Waals surface area contributed by atoms with Crippen molar-refractivity contribution in [1.82, 2.24) is 9.80 Å². The number of benzene rings is 2. The van der Waals surface area contributed by atoms with E-state index >= 15 is 0 Å². The first-order chi connectivity index (χ1) is 16.8. The molecule has 0 aromatic heterocycles. The molecule has 0 unspecified atom stereocenters. The number of likely N-dealkylation sites (tertiary alicyclic amines) is 1. The topological polar surface area (TPSA) is 99.5 Å². The Hall–Kier alpha value is -3.52. The number of nitrogens with zero attached hydrogens (tertiary/aromatic N) is 2. The summed E-state index contributed by atoms with van der Waals surface area (Å²) in [6, 6.07) is 9.05. The van der Waals surface area contributed by atoms with E-state index in [1.165, 1.54) is 25.2 Å². The molecule has 188 valence electrons. The predicted octanol–water partition coefficient (Wildman–Crippen LogP) is 3.87. The van der Waals surface area contributed by atoms with Crippen LogP contribution in [-0.2, 0) is 9.59 Å². The van der Waals surface area contributed by atoms with Crippen molar-refractivity contribution in [2.75, 3.05) is 40.4 Å². The third-order valence-electron chi connectivity index (χ3n) is 6.44. The summed E-state index contributed by atoms with van der Waals surface area (Å²) in [5, 5.41) is 21.6. The van der Waals surface area contributed by atoms with E-state index in [0.29, 0.717) is 30.0 Å². The van der Waals surface area contributed by atoms with Crippen molar-refractivity contribution in [3.8, 4) is 17.2 Å². The number of hydrogen-bond donors (Lipinski definition) is 2. The Kier molecular flexibility index (Phi) is 8.40. The molecule has 0 spiro atoms. The van der Waals surface area contributed by atoms with Crippen LogP contribution in [-0.4, -0.2) is 72.1 Å². The van der Waals surface area contributed by atoms with Gasteiger partial charge in [-0.1, -0.05) is 31.5 Å². The Balaban J connectivity index is 2.13. The minimum atomic E-state index is -0.841. The molecule has 1 aliphatic rings. The largest absolute Gasteiger partial charge is 0.507 e. The van der Waals surface area contributed by atoms with Gasteiger partial charge in [0.2, 0.25) is 0 Å². The van der Waals surface area contributed by atoms with Crippen LogP contribution in [0.15, 0.2) is 42.0 Å². The van der Waals surface area contributed by atoms with Crippen LogP contribution in [0.2, 0.25) is 0 Å². The van der Waals surface area contributed by atoms with Crippen molar-refractivity contribution in [1.29, 1.82) is 0 Å². The molecular weight excluding hydrogens is 448 g/mol. The molecule has 0 bridgehead atoms. The number of aryl methyl sites for hydroxylation is 1. The van der Waals surface area contributed by atoms with Crippen LogP contribution in [0.5, 0.6) is 17.2 Å². The number of methoxy groups -OCH3 is 2. The highest BCUT2D eigenvalue weighted by atomic mass is 16.5. The van der Waals surface area contributed by atoms with E-state index < -0.39 is 23.5 Å². The molecule has 2 aromatic rings. The number of phenols is 1. The number of ether oxygens (including phenoxy) is 2. The Morgan fingerprint density at radius 3 is 2.34 bits per heavy atom. The fourth-order valence-corrected chi connectivity index (χ4v) is 4.47. The molecular formula is C27H34N2O6. The summed E-state index contributed by atoms with van der Waals surface area (Å²) in [6.45, 7) is 8.85. The van der Waals surface area contributed by atoms with Crippen molar-refractivity contribution in [3.63, 3.8) is 0 Å². The average Bonchev–Trinajstić information content (AvgIpc) is 3.12. The first kappa shape index (κ1) is 26.1. The van der Waals surface area contributed by atoms with Gasteiger partial charge in [-0.15, -0.1) is 0 Å². The molecule has 1 atom stereocenters. The average molecular weight is 483 g/mol. The number of amides is 1. The summed E-state index contributed by atoms with van der Waals surface area (Å²) in [5.41, 5.74) is 1.43. The molecule has 8 heteroatoms. The third kappa shape index (κ3) is 5.27. The molecule has 2 aromatic carbocycles. The lowest BCUT2D eigenvalue weighted by Gasteiger charge is -2.27. The predicted molar refractivity (Wildman–Crippen MR) is 134 cm³/mol. The summed E-state index contributed by atoms with van der Waals surface area (Å²) >= 11 is 0. The second-order valence-electron chi connectivity index (χ2n) is 8.51. The molecule has 0 aliphatic carbocycles. The van der Waals surface area contributed by atoms with E-state index in [1.54, 1.807) is 30.3 Å². The van der Waals surface area contributed by atoms with E-state index in [9.17, 15) is 19.8 Å². The number of aliphatic hydroxyl groups excluding tert-OH is 1. The lowest BCUT2D eigenvalue weighted by molar-refractivity contribution is -0.140. The Morgan fingerprint density at radius 2 is 1.71 bits per heavy atom. The molecule has 1 fully saturated rings. The molecule has 35 heavy (non-hydrogen) atoms. The Bertz CT molecular complexity index is 1120. The zero-order valence-electron chi connectivity index (χ0n) is 21.0. The van der Waals surface area contributed by atoms with Gasteiger partial charge < -0.3 is 29.5 Å². The van der Waals surface area contributed by atoms with Crippen LogP contribution in [0.1, 0.15) is 43.0 Å². The van der Waals surface area contributed by atoms with Crippen LogP contribution in [0, 0.1) is 6.92 Å². The van der Waals surface area contributed by atoms with Gasteiger partial charge in [0, 0.05) is 6.54 Å². The minimum Gasteiger partial charge on any atom is -0.507 e. The summed E-state index contributed by atoms with van der Waals surface area (Å²) < 4.78 is 10.8. The maximum Gasteiger partial charge on any atom is 0.295 e. The molecule has 1 saturated heterocycles. The number of rotatable bonds is 10.